The van der Waals surface area contributed by atoms with Gasteiger partial charge >= 0.3 is 0 Å². The molecule has 0 atom stereocenters. The van der Waals surface area contributed by atoms with Gasteiger partial charge in [-0.3, -0.25) is 4.98 Å². The van der Waals surface area contributed by atoms with Gasteiger partial charge < -0.3 is 4.90 Å². The smallest absolute Gasteiger partial charge is 0.164 e. The van der Waals surface area contributed by atoms with E-state index in [1.807, 2.05) is 18.9 Å². The first-order chi connectivity index (χ1) is 8.11. The van der Waals surface area contributed by atoms with Crippen LogP contribution in [0.5, 0.6) is 0 Å². The molecular weight excluding hydrogens is 261 g/mol. The minimum Gasteiger partial charge on any atom is -0.364 e. The van der Waals surface area contributed by atoms with Crippen LogP contribution in [-0.2, 0) is 0 Å². The molecule has 0 aliphatic heterocycles. The number of thiazole rings is 1. The van der Waals surface area contributed by atoms with Gasteiger partial charge in [0.25, 0.3) is 0 Å². The number of rotatable bonds is 3. The van der Waals surface area contributed by atoms with Gasteiger partial charge in [0.2, 0.25) is 0 Å². The monoisotopic (exact) mass is 271 g/mol. The number of pyridine rings is 1. The van der Waals surface area contributed by atoms with Crippen LogP contribution in [0.25, 0.3) is 10.6 Å². The molecule has 0 aliphatic rings. The van der Waals surface area contributed by atoms with E-state index in [9.17, 15) is 4.39 Å². The maximum absolute atomic E-state index is 13.1. The van der Waals surface area contributed by atoms with Crippen LogP contribution in [-0.4, -0.2) is 23.6 Å². The average molecular weight is 272 g/mol. The molecule has 0 aliphatic carbocycles. The highest BCUT2D eigenvalue weighted by molar-refractivity contribution is 7.19. The topological polar surface area (TPSA) is 29.0 Å². The van der Waals surface area contributed by atoms with Gasteiger partial charge in [0, 0.05) is 25.4 Å². The number of aromatic nitrogens is 2. The van der Waals surface area contributed by atoms with E-state index < -0.39 is 0 Å². The summed E-state index contributed by atoms with van der Waals surface area (Å²) in [5.74, 6) is -0.376. The molecule has 2 rings (SSSR count). The Bertz CT molecular complexity index is 529. The maximum Gasteiger partial charge on any atom is 0.164 e. The van der Waals surface area contributed by atoms with Gasteiger partial charge in [0.15, 0.2) is 5.15 Å². The molecule has 0 N–H and O–H groups in total. The number of halogens is 2. The summed E-state index contributed by atoms with van der Waals surface area (Å²) in [6.07, 6.45) is 2.74. The van der Waals surface area contributed by atoms with Crippen LogP contribution in [0.3, 0.4) is 0 Å². The third-order valence-corrected chi connectivity index (χ3v) is 3.94. The quantitative estimate of drug-likeness (QED) is 0.856. The zero-order valence-electron chi connectivity index (χ0n) is 9.44. The lowest BCUT2D eigenvalue weighted by atomic mass is 10.3. The normalized spacial score (nSPS) is 10.6. The summed E-state index contributed by atoms with van der Waals surface area (Å²) in [5.41, 5.74) is 0.646. The molecule has 0 spiro atoms. The Labute approximate surface area is 108 Å². The van der Waals surface area contributed by atoms with Gasteiger partial charge in [-0.2, -0.15) is 0 Å². The molecular formula is C11H11ClFN3S. The van der Waals surface area contributed by atoms with Crippen molar-refractivity contribution in [2.24, 2.45) is 0 Å². The van der Waals surface area contributed by atoms with E-state index in [-0.39, 0.29) is 5.82 Å². The van der Waals surface area contributed by atoms with E-state index in [4.69, 9.17) is 11.6 Å². The van der Waals surface area contributed by atoms with E-state index >= 15 is 0 Å². The zero-order valence-corrected chi connectivity index (χ0v) is 11.0. The van der Waals surface area contributed by atoms with Crippen molar-refractivity contribution in [2.45, 2.75) is 6.92 Å². The molecule has 0 bridgehead atoms. The standard InChI is InChI=1S/C11H11ClFN3S/c1-3-16(2)11-9(12)15-10(17-11)7-4-8(13)6-14-5-7/h4-6H,3H2,1-2H3. The number of nitrogens with zero attached hydrogens (tertiary/aromatic N) is 3. The summed E-state index contributed by atoms with van der Waals surface area (Å²) in [5, 5.41) is 2.00. The second-order valence-electron chi connectivity index (χ2n) is 3.52. The Balaban J connectivity index is 2.41. The Hall–Kier alpha value is -1.20. The van der Waals surface area contributed by atoms with Crippen molar-refractivity contribution in [3.8, 4) is 10.6 Å². The number of hydrogen-bond acceptors (Lipinski definition) is 4. The fourth-order valence-corrected chi connectivity index (χ4v) is 2.68. The van der Waals surface area contributed by atoms with Crippen LogP contribution < -0.4 is 4.90 Å². The summed E-state index contributed by atoms with van der Waals surface area (Å²) >= 11 is 7.48. The van der Waals surface area contributed by atoms with Crippen molar-refractivity contribution in [3.63, 3.8) is 0 Å². The van der Waals surface area contributed by atoms with Crippen molar-refractivity contribution < 1.29 is 4.39 Å². The third kappa shape index (κ3) is 2.56. The van der Waals surface area contributed by atoms with Gasteiger partial charge in [0.05, 0.1) is 6.20 Å². The fraction of sp³-hybridized carbons (Fsp3) is 0.273. The SMILES string of the molecule is CCN(C)c1sc(-c2cncc(F)c2)nc1Cl. The molecule has 2 aromatic rings. The van der Waals surface area contributed by atoms with Crippen LogP contribution in [0, 0.1) is 5.82 Å². The highest BCUT2D eigenvalue weighted by Crippen LogP contribution is 2.36. The molecule has 3 nitrogen and oxygen atoms in total. The lowest BCUT2D eigenvalue weighted by Gasteiger charge is -2.13. The Morgan fingerprint density at radius 3 is 2.88 bits per heavy atom. The molecule has 90 valence electrons. The largest absolute Gasteiger partial charge is 0.364 e. The van der Waals surface area contributed by atoms with Gasteiger partial charge in [0.1, 0.15) is 15.8 Å². The molecule has 2 aromatic heterocycles. The second kappa shape index (κ2) is 4.98. The van der Waals surface area contributed by atoms with E-state index in [0.717, 1.165) is 17.7 Å². The van der Waals surface area contributed by atoms with Crippen LogP contribution in [0.1, 0.15) is 6.92 Å². The summed E-state index contributed by atoms with van der Waals surface area (Å²) in [6.45, 7) is 2.86. The van der Waals surface area contributed by atoms with Gasteiger partial charge in [-0.05, 0) is 13.0 Å². The van der Waals surface area contributed by atoms with E-state index in [1.54, 1.807) is 6.20 Å². The summed E-state index contributed by atoms with van der Waals surface area (Å²) < 4.78 is 13.1. The lowest BCUT2D eigenvalue weighted by molar-refractivity contribution is 0.622. The minimum absolute atomic E-state index is 0.376. The first-order valence-electron chi connectivity index (χ1n) is 5.10. The fourth-order valence-electron chi connectivity index (χ4n) is 1.32. The molecule has 6 heteroatoms. The zero-order chi connectivity index (χ0) is 12.4. The van der Waals surface area contributed by atoms with Crippen LogP contribution >= 0.6 is 22.9 Å². The summed E-state index contributed by atoms with van der Waals surface area (Å²) in [4.78, 5) is 10.0. The van der Waals surface area contributed by atoms with Gasteiger partial charge in [-0.25, -0.2) is 9.37 Å². The Kier molecular flexibility index (Phi) is 3.59. The van der Waals surface area contributed by atoms with Gasteiger partial charge in [-0.15, -0.1) is 0 Å². The van der Waals surface area contributed by atoms with Crippen LogP contribution in [0.4, 0.5) is 9.39 Å². The first kappa shape index (κ1) is 12.3. The lowest BCUT2D eigenvalue weighted by Crippen LogP contribution is -2.14. The van der Waals surface area contributed by atoms with Crippen molar-refractivity contribution in [2.75, 3.05) is 18.5 Å². The maximum atomic E-state index is 13.1. The van der Waals surface area contributed by atoms with Crippen molar-refractivity contribution in [3.05, 3.63) is 29.4 Å². The molecule has 0 fully saturated rings. The van der Waals surface area contributed by atoms with Crippen LogP contribution in [0.2, 0.25) is 5.15 Å². The number of hydrogen-bond donors (Lipinski definition) is 0. The predicted molar refractivity (Wildman–Crippen MR) is 69.3 cm³/mol. The van der Waals surface area contributed by atoms with Gasteiger partial charge in [-0.1, -0.05) is 22.9 Å². The van der Waals surface area contributed by atoms with E-state index in [1.165, 1.54) is 17.4 Å². The Morgan fingerprint density at radius 1 is 1.47 bits per heavy atom. The molecule has 0 aromatic carbocycles. The highest BCUT2D eigenvalue weighted by atomic mass is 35.5. The van der Waals surface area contributed by atoms with E-state index in [2.05, 4.69) is 9.97 Å². The molecule has 0 unspecified atom stereocenters. The van der Waals surface area contributed by atoms with Crippen LogP contribution in [0.15, 0.2) is 18.5 Å². The number of anilines is 1. The average Bonchev–Trinajstić information content (AvgIpc) is 2.70. The summed E-state index contributed by atoms with van der Waals surface area (Å²) in [6, 6.07) is 1.40. The van der Waals surface area contributed by atoms with E-state index in [0.29, 0.717) is 15.7 Å². The first-order valence-corrected chi connectivity index (χ1v) is 6.29. The minimum atomic E-state index is -0.376. The Morgan fingerprint density at radius 2 is 2.24 bits per heavy atom. The third-order valence-electron chi connectivity index (χ3n) is 2.34. The van der Waals surface area contributed by atoms with Crippen molar-refractivity contribution >= 4 is 27.9 Å². The molecule has 2 heterocycles. The molecule has 0 saturated heterocycles. The molecule has 17 heavy (non-hydrogen) atoms. The molecule has 0 saturated carbocycles. The highest BCUT2D eigenvalue weighted by Gasteiger charge is 2.14. The molecule has 0 radical (unpaired) electrons. The summed E-state index contributed by atoms with van der Waals surface area (Å²) in [7, 11) is 1.94. The van der Waals surface area contributed by atoms with Crippen molar-refractivity contribution in [1.82, 2.24) is 9.97 Å². The molecule has 0 amide bonds. The van der Waals surface area contributed by atoms with Crippen molar-refractivity contribution in [1.29, 1.82) is 0 Å². The predicted octanol–water partition coefficient (Wildman–Crippen LogP) is 3.45. The second-order valence-corrected chi connectivity index (χ2v) is 4.86.